The van der Waals surface area contributed by atoms with Crippen molar-refractivity contribution in [2.24, 2.45) is 0 Å². The molecule has 144 valence electrons. The Bertz CT molecular complexity index is 937. The molecule has 3 aromatic rings. The van der Waals surface area contributed by atoms with Crippen LogP contribution in [0, 0.1) is 5.82 Å². The number of hydrogen-bond donors (Lipinski definition) is 1. The zero-order valence-corrected chi connectivity index (χ0v) is 16.0. The number of rotatable bonds is 5. The minimum atomic E-state index is -0.173. The molecule has 6 heteroatoms. The number of piperazine rings is 1. The van der Waals surface area contributed by atoms with E-state index >= 15 is 0 Å². The van der Waals surface area contributed by atoms with Crippen LogP contribution in [0.25, 0.3) is 0 Å². The first kappa shape index (κ1) is 18.2. The number of para-hydroxylation sites is 2. The highest BCUT2D eigenvalue weighted by atomic mass is 19.1. The molecule has 2 heterocycles. The number of aromatic nitrogens is 2. The quantitative estimate of drug-likeness (QED) is 0.720. The van der Waals surface area contributed by atoms with Crippen LogP contribution in [0.5, 0.6) is 0 Å². The first-order valence-corrected chi connectivity index (χ1v) is 9.67. The predicted molar refractivity (Wildman–Crippen MR) is 112 cm³/mol. The molecule has 1 aliphatic rings. The van der Waals surface area contributed by atoms with E-state index in [2.05, 4.69) is 39.2 Å². The summed E-state index contributed by atoms with van der Waals surface area (Å²) in [7, 11) is 0. The first-order valence-electron chi connectivity index (χ1n) is 9.67. The van der Waals surface area contributed by atoms with Crippen LogP contribution in [-0.4, -0.2) is 36.1 Å². The Balaban J connectivity index is 1.45. The van der Waals surface area contributed by atoms with Gasteiger partial charge in [0.15, 0.2) is 0 Å². The Labute approximate surface area is 164 Å². The summed E-state index contributed by atoms with van der Waals surface area (Å²) in [4.78, 5) is 13.4. The average molecular weight is 377 g/mol. The first-order chi connectivity index (χ1) is 13.7. The summed E-state index contributed by atoms with van der Waals surface area (Å²) in [6, 6.07) is 17.1. The van der Waals surface area contributed by atoms with Crippen LogP contribution in [0.1, 0.15) is 12.5 Å². The normalized spacial score (nSPS) is 14.2. The molecule has 1 aliphatic heterocycles. The van der Waals surface area contributed by atoms with Gasteiger partial charge < -0.3 is 15.1 Å². The van der Waals surface area contributed by atoms with Gasteiger partial charge in [-0.25, -0.2) is 9.37 Å². The Morgan fingerprint density at radius 2 is 1.64 bits per heavy atom. The molecule has 0 radical (unpaired) electrons. The van der Waals surface area contributed by atoms with E-state index in [4.69, 9.17) is 4.98 Å². The van der Waals surface area contributed by atoms with Crippen LogP contribution in [0.2, 0.25) is 0 Å². The summed E-state index contributed by atoms with van der Waals surface area (Å²) in [5, 5.41) is 3.41. The fourth-order valence-corrected chi connectivity index (χ4v) is 3.51. The summed E-state index contributed by atoms with van der Waals surface area (Å²) in [6.07, 6.45) is 2.74. The van der Waals surface area contributed by atoms with Crippen LogP contribution >= 0.6 is 0 Å². The third-order valence-electron chi connectivity index (χ3n) is 5.06. The standard InChI is InChI=1S/C22H24FN5/c1-2-17-7-3-5-9-19(17)25-21-11-12-24-22(26-21)28-15-13-27(14-16-28)20-10-6-4-8-18(20)23/h3-12H,2,13-16H2,1H3,(H,24,25,26). The zero-order chi connectivity index (χ0) is 19.3. The van der Waals surface area contributed by atoms with Gasteiger partial charge in [-0.15, -0.1) is 0 Å². The van der Waals surface area contributed by atoms with E-state index in [0.717, 1.165) is 44.1 Å². The van der Waals surface area contributed by atoms with E-state index in [1.165, 1.54) is 11.6 Å². The van der Waals surface area contributed by atoms with Gasteiger partial charge in [-0.2, -0.15) is 4.98 Å². The smallest absolute Gasteiger partial charge is 0.227 e. The lowest BCUT2D eigenvalue weighted by Crippen LogP contribution is -2.47. The van der Waals surface area contributed by atoms with Crippen molar-refractivity contribution < 1.29 is 4.39 Å². The lowest BCUT2D eigenvalue weighted by molar-refractivity contribution is 0.594. The molecule has 0 unspecified atom stereocenters. The molecule has 1 N–H and O–H groups in total. The highest BCUT2D eigenvalue weighted by Gasteiger charge is 2.21. The molecule has 1 fully saturated rings. The molecule has 4 rings (SSSR count). The minimum absolute atomic E-state index is 0.173. The van der Waals surface area contributed by atoms with E-state index in [0.29, 0.717) is 11.6 Å². The van der Waals surface area contributed by atoms with E-state index in [9.17, 15) is 4.39 Å². The van der Waals surface area contributed by atoms with Crippen molar-refractivity contribution in [2.75, 3.05) is 41.3 Å². The molecule has 28 heavy (non-hydrogen) atoms. The number of halogens is 1. The Kier molecular flexibility index (Phi) is 5.37. The number of anilines is 4. The Morgan fingerprint density at radius 3 is 2.43 bits per heavy atom. The molecule has 0 amide bonds. The highest BCUT2D eigenvalue weighted by Crippen LogP contribution is 2.23. The lowest BCUT2D eigenvalue weighted by atomic mass is 10.1. The SMILES string of the molecule is CCc1ccccc1Nc1ccnc(N2CCN(c3ccccc3F)CC2)n1. The number of nitrogens with zero attached hydrogens (tertiary/aromatic N) is 4. The third-order valence-corrected chi connectivity index (χ3v) is 5.06. The van der Waals surface area contributed by atoms with Gasteiger partial charge >= 0.3 is 0 Å². The summed E-state index contributed by atoms with van der Waals surface area (Å²) in [5.74, 6) is 1.31. The van der Waals surface area contributed by atoms with Crippen molar-refractivity contribution in [1.82, 2.24) is 9.97 Å². The molecule has 1 aromatic heterocycles. The van der Waals surface area contributed by atoms with Gasteiger partial charge in [-0.3, -0.25) is 0 Å². The molecule has 5 nitrogen and oxygen atoms in total. The second kappa shape index (κ2) is 8.25. The van der Waals surface area contributed by atoms with Gasteiger partial charge in [0.1, 0.15) is 11.6 Å². The Hall–Kier alpha value is -3.15. The third kappa shape index (κ3) is 3.91. The average Bonchev–Trinajstić information content (AvgIpc) is 2.75. The second-order valence-corrected chi connectivity index (χ2v) is 6.80. The fourth-order valence-electron chi connectivity index (χ4n) is 3.51. The van der Waals surface area contributed by atoms with Crippen molar-refractivity contribution in [3.63, 3.8) is 0 Å². The van der Waals surface area contributed by atoms with Crippen LogP contribution in [0.15, 0.2) is 60.8 Å². The van der Waals surface area contributed by atoms with E-state index in [1.54, 1.807) is 12.3 Å². The fraction of sp³-hybridized carbons (Fsp3) is 0.273. The van der Waals surface area contributed by atoms with Gasteiger partial charge in [0.05, 0.1) is 5.69 Å². The summed E-state index contributed by atoms with van der Waals surface area (Å²) < 4.78 is 14.0. The monoisotopic (exact) mass is 377 g/mol. The van der Waals surface area contributed by atoms with Crippen molar-refractivity contribution >= 4 is 23.1 Å². The van der Waals surface area contributed by atoms with Crippen molar-refractivity contribution in [3.05, 3.63) is 72.2 Å². The van der Waals surface area contributed by atoms with Gasteiger partial charge in [0.25, 0.3) is 0 Å². The van der Waals surface area contributed by atoms with Crippen LogP contribution < -0.4 is 15.1 Å². The molecule has 0 aliphatic carbocycles. The van der Waals surface area contributed by atoms with Gasteiger partial charge in [-0.05, 0) is 36.2 Å². The highest BCUT2D eigenvalue weighted by molar-refractivity contribution is 5.61. The molecule has 0 atom stereocenters. The van der Waals surface area contributed by atoms with Crippen LogP contribution in [-0.2, 0) is 6.42 Å². The molecular weight excluding hydrogens is 353 g/mol. The molecular formula is C22H24FN5. The topological polar surface area (TPSA) is 44.3 Å². The maximum absolute atomic E-state index is 14.0. The van der Waals surface area contributed by atoms with Gasteiger partial charge in [0, 0.05) is 38.1 Å². The maximum Gasteiger partial charge on any atom is 0.227 e. The van der Waals surface area contributed by atoms with Crippen molar-refractivity contribution in [2.45, 2.75) is 13.3 Å². The van der Waals surface area contributed by atoms with Crippen molar-refractivity contribution in [1.29, 1.82) is 0 Å². The van der Waals surface area contributed by atoms with E-state index in [-0.39, 0.29) is 5.82 Å². The molecule has 2 aromatic carbocycles. The molecule has 0 bridgehead atoms. The summed E-state index contributed by atoms with van der Waals surface area (Å²) >= 11 is 0. The number of aryl methyl sites for hydroxylation is 1. The van der Waals surface area contributed by atoms with Gasteiger partial charge in [-0.1, -0.05) is 37.3 Å². The predicted octanol–water partition coefficient (Wildman–Crippen LogP) is 4.25. The largest absolute Gasteiger partial charge is 0.366 e. The van der Waals surface area contributed by atoms with Crippen LogP contribution in [0.4, 0.5) is 27.5 Å². The van der Waals surface area contributed by atoms with Crippen molar-refractivity contribution in [3.8, 4) is 0 Å². The van der Waals surface area contributed by atoms with E-state index in [1.807, 2.05) is 30.3 Å². The second-order valence-electron chi connectivity index (χ2n) is 6.80. The van der Waals surface area contributed by atoms with Crippen LogP contribution in [0.3, 0.4) is 0 Å². The zero-order valence-electron chi connectivity index (χ0n) is 16.0. The maximum atomic E-state index is 14.0. The molecule has 0 saturated carbocycles. The number of nitrogens with one attached hydrogen (secondary N) is 1. The molecule has 1 saturated heterocycles. The lowest BCUT2D eigenvalue weighted by Gasteiger charge is -2.36. The summed E-state index contributed by atoms with van der Waals surface area (Å²) in [5.41, 5.74) is 2.98. The number of benzene rings is 2. The van der Waals surface area contributed by atoms with E-state index < -0.39 is 0 Å². The summed E-state index contributed by atoms with van der Waals surface area (Å²) in [6.45, 7) is 5.12. The van der Waals surface area contributed by atoms with Gasteiger partial charge in [0.2, 0.25) is 5.95 Å². The minimum Gasteiger partial charge on any atom is -0.366 e. The molecule has 0 spiro atoms. The number of hydrogen-bond acceptors (Lipinski definition) is 5. The Morgan fingerprint density at radius 1 is 0.929 bits per heavy atom.